The Morgan fingerprint density at radius 1 is 1.25 bits per heavy atom. The maximum absolute atomic E-state index is 14.3. The van der Waals surface area contributed by atoms with Gasteiger partial charge < -0.3 is 10.1 Å². The highest BCUT2D eigenvalue weighted by Crippen LogP contribution is 2.61. The van der Waals surface area contributed by atoms with Crippen LogP contribution >= 0.6 is 11.8 Å². The van der Waals surface area contributed by atoms with Crippen LogP contribution in [0.1, 0.15) is 27.4 Å². The van der Waals surface area contributed by atoms with Crippen molar-refractivity contribution in [3.05, 3.63) is 93.8 Å². The number of pyridine rings is 1. The van der Waals surface area contributed by atoms with E-state index < -0.39 is 22.3 Å². The number of nitro groups is 1. The molecule has 0 unspecified atom stereocenters. The Morgan fingerprint density at radius 3 is 2.86 bits per heavy atom. The number of carbonyl (C=O) groups is 2. The summed E-state index contributed by atoms with van der Waals surface area (Å²) >= 11 is 1.69. The lowest BCUT2D eigenvalue weighted by molar-refractivity contribution is -0.384. The summed E-state index contributed by atoms with van der Waals surface area (Å²) in [5, 5.41) is 14.6. The van der Waals surface area contributed by atoms with Gasteiger partial charge in [0.15, 0.2) is 5.78 Å². The van der Waals surface area contributed by atoms with Crippen molar-refractivity contribution >= 4 is 34.8 Å². The molecular formula is C26H22N4O5S. The molecule has 0 bridgehead atoms. The smallest absolute Gasteiger partial charge is 0.269 e. The van der Waals surface area contributed by atoms with Crippen LogP contribution in [0.4, 0.5) is 11.4 Å². The van der Waals surface area contributed by atoms with Crippen molar-refractivity contribution in [3.63, 3.8) is 0 Å². The number of nitrogens with one attached hydrogen (secondary N) is 1. The summed E-state index contributed by atoms with van der Waals surface area (Å²) in [6.45, 7) is 0. The van der Waals surface area contributed by atoms with E-state index >= 15 is 0 Å². The molecule has 3 aliphatic heterocycles. The van der Waals surface area contributed by atoms with E-state index in [0.29, 0.717) is 39.8 Å². The number of ketones is 1. The van der Waals surface area contributed by atoms with E-state index in [9.17, 15) is 19.7 Å². The molecule has 4 atom stereocenters. The van der Waals surface area contributed by atoms with Gasteiger partial charge in [0, 0.05) is 64.9 Å². The Morgan fingerprint density at radius 2 is 2.11 bits per heavy atom. The summed E-state index contributed by atoms with van der Waals surface area (Å²) in [5.74, 6) is 0.0614. The normalized spacial score (nSPS) is 26.5. The van der Waals surface area contributed by atoms with Crippen LogP contribution in [0.15, 0.2) is 67.0 Å². The molecule has 1 N–H and O–H groups in total. The first-order valence-electron chi connectivity index (χ1n) is 11.5. The number of rotatable bonds is 5. The molecule has 0 aliphatic carbocycles. The van der Waals surface area contributed by atoms with Gasteiger partial charge in [-0.3, -0.25) is 29.6 Å². The molecule has 2 fully saturated rings. The van der Waals surface area contributed by atoms with Crippen molar-refractivity contribution in [3.8, 4) is 5.75 Å². The largest absolute Gasteiger partial charge is 0.497 e. The zero-order valence-corrected chi connectivity index (χ0v) is 20.1. The van der Waals surface area contributed by atoms with Crippen molar-refractivity contribution in [2.75, 3.05) is 24.1 Å². The van der Waals surface area contributed by atoms with E-state index in [1.54, 1.807) is 55.4 Å². The number of aromatic nitrogens is 1. The molecule has 1 aromatic heterocycles. The quantitative estimate of drug-likeness (QED) is 0.318. The second-order valence-corrected chi connectivity index (χ2v) is 10.1. The molecule has 9 nitrogen and oxygen atoms in total. The van der Waals surface area contributed by atoms with Crippen LogP contribution in [0.25, 0.3) is 0 Å². The van der Waals surface area contributed by atoms with Crippen LogP contribution in [0.2, 0.25) is 0 Å². The number of nitrogens with zero attached hydrogens (tertiary/aromatic N) is 3. The molecule has 3 aliphatic rings. The standard InChI is InChI=1S/C26H22N4O5S/c1-35-18-7-8-20-19(11-18)26(25(32)28-20)23(24(31)16-5-3-9-27-12-16)22(21-13-36-14-29(21)26)15-4-2-6-17(10-15)30(33)34/h2-12,21-23H,13-14H2,1H3,(H,28,32)/t21-,22-,23+,26-/m1/s1. The van der Waals surface area contributed by atoms with Crippen LogP contribution in [0, 0.1) is 16.0 Å². The number of fused-ring (bicyclic) bond motifs is 4. The Kier molecular flexibility index (Phi) is 5.31. The maximum atomic E-state index is 14.3. The number of hydrogen-bond acceptors (Lipinski definition) is 8. The van der Waals surface area contributed by atoms with Crippen LogP contribution in [-0.4, -0.2) is 51.3 Å². The Hall–Kier alpha value is -3.76. The number of nitro benzene ring substituents is 1. The predicted octanol–water partition coefficient (Wildman–Crippen LogP) is 3.82. The molecule has 6 rings (SSSR count). The van der Waals surface area contributed by atoms with Gasteiger partial charge in [0.25, 0.3) is 5.69 Å². The number of thioether (sulfide) groups is 1. The minimum atomic E-state index is -1.29. The third-order valence-electron chi connectivity index (χ3n) is 7.52. The highest BCUT2D eigenvalue weighted by atomic mass is 32.2. The number of non-ortho nitro benzene ring substituents is 1. The zero-order chi connectivity index (χ0) is 25.0. The summed E-state index contributed by atoms with van der Waals surface area (Å²) in [6, 6.07) is 15.1. The van der Waals surface area contributed by atoms with Crippen LogP contribution in [0.5, 0.6) is 5.75 Å². The molecule has 182 valence electrons. The van der Waals surface area contributed by atoms with Crippen LogP contribution in [-0.2, 0) is 10.3 Å². The number of benzene rings is 2. The van der Waals surface area contributed by atoms with Crippen LogP contribution < -0.4 is 10.1 Å². The molecule has 36 heavy (non-hydrogen) atoms. The maximum Gasteiger partial charge on any atom is 0.269 e. The fourth-order valence-electron chi connectivity index (χ4n) is 6.09. The molecule has 0 radical (unpaired) electrons. The second-order valence-electron chi connectivity index (χ2n) is 9.13. The van der Waals surface area contributed by atoms with Gasteiger partial charge in [0.2, 0.25) is 5.91 Å². The lowest BCUT2D eigenvalue weighted by Crippen LogP contribution is -2.52. The molecule has 2 aromatic carbocycles. The first-order valence-corrected chi connectivity index (χ1v) is 12.7. The molecular weight excluding hydrogens is 480 g/mol. The Labute approximate surface area is 211 Å². The van der Waals surface area contributed by atoms with E-state index in [0.717, 1.165) is 0 Å². The van der Waals surface area contributed by atoms with E-state index in [4.69, 9.17) is 4.74 Å². The van der Waals surface area contributed by atoms with Crippen molar-refractivity contribution in [2.24, 2.45) is 5.92 Å². The Balaban J connectivity index is 1.63. The third-order valence-corrected chi connectivity index (χ3v) is 8.56. The van der Waals surface area contributed by atoms with Crippen molar-refractivity contribution in [1.82, 2.24) is 9.88 Å². The van der Waals surface area contributed by atoms with E-state index in [2.05, 4.69) is 15.2 Å². The topological polar surface area (TPSA) is 115 Å². The number of carbonyl (C=O) groups excluding carboxylic acids is 2. The lowest BCUT2D eigenvalue weighted by atomic mass is 9.69. The fourth-order valence-corrected chi connectivity index (χ4v) is 7.41. The SMILES string of the molecule is COc1ccc2c(c1)[C@]1(C(=O)N2)[C@H](C(=O)c2cccnc2)[C@H](c2cccc([N+](=O)[O-])c2)[C@H]2CSCN21. The van der Waals surface area contributed by atoms with E-state index in [1.807, 2.05) is 12.1 Å². The summed E-state index contributed by atoms with van der Waals surface area (Å²) in [5.41, 5.74) is 1.06. The predicted molar refractivity (Wildman–Crippen MR) is 134 cm³/mol. The van der Waals surface area contributed by atoms with Gasteiger partial charge in [-0.15, -0.1) is 11.8 Å². The number of Topliss-reactive ketones (excluding diaryl/α,β-unsaturated/α-hetero) is 1. The number of anilines is 1. The molecule has 4 heterocycles. The van der Waals surface area contributed by atoms with E-state index in [-0.39, 0.29) is 23.4 Å². The summed E-state index contributed by atoms with van der Waals surface area (Å²) in [4.78, 5) is 45.8. The van der Waals surface area contributed by atoms with Gasteiger partial charge in [-0.05, 0) is 35.9 Å². The van der Waals surface area contributed by atoms with Crippen molar-refractivity contribution < 1.29 is 19.2 Å². The van der Waals surface area contributed by atoms with Crippen molar-refractivity contribution in [2.45, 2.75) is 17.5 Å². The molecule has 0 saturated carbocycles. The zero-order valence-electron chi connectivity index (χ0n) is 19.3. The molecule has 3 aromatic rings. The average Bonchev–Trinajstić information content (AvgIpc) is 3.57. The van der Waals surface area contributed by atoms with Gasteiger partial charge in [0.05, 0.1) is 18.0 Å². The minimum Gasteiger partial charge on any atom is -0.497 e. The summed E-state index contributed by atoms with van der Waals surface area (Å²) in [7, 11) is 1.56. The third kappa shape index (κ3) is 3.11. The highest BCUT2D eigenvalue weighted by Gasteiger charge is 2.69. The molecule has 1 amide bonds. The fraction of sp³-hybridized carbons (Fsp3) is 0.269. The summed E-state index contributed by atoms with van der Waals surface area (Å²) in [6.07, 6.45) is 3.11. The average molecular weight is 503 g/mol. The van der Waals surface area contributed by atoms with Gasteiger partial charge in [0.1, 0.15) is 11.3 Å². The van der Waals surface area contributed by atoms with Crippen molar-refractivity contribution in [1.29, 1.82) is 0 Å². The second kappa shape index (κ2) is 8.42. The van der Waals surface area contributed by atoms with Gasteiger partial charge in [-0.1, -0.05) is 12.1 Å². The first kappa shape index (κ1) is 22.7. The number of hydrogen-bond donors (Lipinski definition) is 1. The summed E-state index contributed by atoms with van der Waals surface area (Å²) < 4.78 is 5.49. The monoisotopic (exact) mass is 502 g/mol. The highest BCUT2D eigenvalue weighted by molar-refractivity contribution is 7.99. The Bertz CT molecular complexity index is 1400. The van der Waals surface area contributed by atoms with Gasteiger partial charge in [-0.25, -0.2) is 0 Å². The van der Waals surface area contributed by atoms with Crippen LogP contribution in [0.3, 0.4) is 0 Å². The minimum absolute atomic E-state index is 0.0452. The van der Waals surface area contributed by atoms with Gasteiger partial charge >= 0.3 is 0 Å². The van der Waals surface area contributed by atoms with E-state index in [1.165, 1.54) is 18.3 Å². The number of amides is 1. The molecule has 2 saturated heterocycles. The number of methoxy groups -OCH3 is 1. The molecule has 10 heteroatoms. The van der Waals surface area contributed by atoms with Gasteiger partial charge in [-0.2, -0.15) is 0 Å². The lowest BCUT2D eigenvalue weighted by Gasteiger charge is -2.36. The number of ether oxygens (including phenoxy) is 1. The first-order chi connectivity index (χ1) is 17.5. The molecule has 1 spiro atoms.